The second kappa shape index (κ2) is 8.64. The van der Waals surface area contributed by atoms with Gasteiger partial charge in [0, 0.05) is 10.2 Å². The zero-order valence-electron chi connectivity index (χ0n) is 12.7. The van der Waals surface area contributed by atoms with Crippen LogP contribution in [0.15, 0.2) is 53.0 Å². The first kappa shape index (κ1) is 17.4. The Balaban J connectivity index is 1.82. The molecule has 6 heteroatoms. The van der Waals surface area contributed by atoms with E-state index in [1.165, 1.54) is 5.56 Å². The maximum absolute atomic E-state index is 11.9. The van der Waals surface area contributed by atoms with Crippen LogP contribution >= 0.6 is 28.1 Å². The summed E-state index contributed by atoms with van der Waals surface area (Å²) in [7, 11) is 0. The molecule has 0 saturated heterocycles. The molecular weight excluding hydrogens is 374 g/mol. The van der Waals surface area contributed by atoms with Gasteiger partial charge in [-0.3, -0.25) is 4.79 Å². The molecule has 0 unspecified atom stereocenters. The van der Waals surface area contributed by atoms with Gasteiger partial charge in [0.05, 0.1) is 12.2 Å². The third-order valence-corrected chi connectivity index (χ3v) is 4.09. The molecule has 0 heterocycles. The normalized spacial score (nSPS) is 10.0. The van der Waals surface area contributed by atoms with Crippen LogP contribution in [0.4, 0.5) is 11.4 Å². The van der Waals surface area contributed by atoms with Crippen LogP contribution in [0.1, 0.15) is 12.5 Å². The van der Waals surface area contributed by atoms with Gasteiger partial charge in [0.15, 0.2) is 5.11 Å². The van der Waals surface area contributed by atoms with Gasteiger partial charge in [0.1, 0.15) is 0 Å². The molecule has 3 N–H and O–H groups in total. The van der Waals surface area contributed by atoms with E-state index < -0.39 is 0 Å². The standard InChI is InChI=1S/C17H18BrN3OS/c1-2-12-6-5-7-13(10-12)20-17(23)19-11-16(22)21-15-9-4-3-8-14(15)18/h3-10H,2,11H2,1H3,(H,21,22)(H2,19,20,23). The maximum Gasteiger partial charge on any atom is 0.243 e. The average Bonchev–Trinajstić information content (AvgIpc) is 2.55. The zero-order chi connectivity index (χ0) is 16.7. The van der Waals surface area contributed by atoms with Gasteiger partial charge in [-0.05, 0) is 64.4 Å². The van der Waals surface area contributed by atoms with Crippen LogP contribution in [0.2, 0.25) is 0 Å². The largest absolute Gasteiger partial charge is 0.353 e. The van der Waals surface area contributed by atoms with Crippen molar-refractivity contribution in [1.29, 1.82) is 0 Å². The van der Waals surface area contributed by atoms with E-state index in [4.69, 9.17) is 12.2 Å². The number of hydrogen-bond donors (Lipinski definition) is 3. The molecule has 0 aliphatic rings. The molecule has 2 rings (SSSR count). The topological polar surface area (TPSA) is 53.2 Å². The lowest BCUT2D eigenvalue weighted by atomic mass is 10.1. The van der Waals surface area contributed by atoms with Crippen LogP contribution in [0.3, 0.4) is 0 Å². The van der Waals surface area contributed by atoms with Gasteiger partial charge < -0.3 is 16.0 Å². The molecule has 0 fully saturated rings. The lowest BCUT2D eigenvalue weighted by Crippen LogP contribution is -2.35. The van der Waals surface area contributed by atoms with Crippen LogP contribution in [0.25, 0.3) is 0 Å². The van der Waals surface area contributed by atoms with Gasteiger partial charge in [0.2, 0.25) is 5.91 Å². The van der Waals surface area contributed by atoms with Crippen molar-refractivity contribution < 1.29 is 4.79 Å². The summed E-state index contributed by atoms with van der Waals surface area (Å²) >= 11 is 8.60. The molecule has 23 heavy (non-hydrogen) atoms. The molecule has 0 spiro atoms. The minimum atomic E-state index is -0.164. The quantitative estimate of drug-likeness (QED) is 0.675. The molecular formula is C17H18BrN3OS. The number of rotatable bonds is 5. The highest BCUT2D eigenvalue weighted by molar-refractivity contribution is 9.10. The Morgan fingerprint density at radius 3 is 2.65 bits per heavy atom. The van der Waals surface area contributed by atoms with Crippen LogP contribution < -0.4 is 16.0 Å². The third kappa shape index (κ3) is 5.65. The third-order valence-electron chi connectivity index (χ3n) is 3.15. The number of nitrogens with one attached hydrogen (secondary N) is 3. The number of anilines is 2. The lowest BCUT2D eigenvalue weighted by molar-refractivity contribution is -0.115. The lowest BCUT2D eigenvalue weighted by Gasteiger charge is -2.12. The number of thiocarbonyl (C=S) groups is 1. The smallest absolute Gasteiger partial charge is 0.243 e. The van der Waals surface area contributed by atoms with E-state index in [1.54, 1.807) is 0 Å². The van der Waals surface area contributed by atoms with Crippen LogP contribution in [0.5, 0.6) is 0 Å². The number of halogens is 1. The minimum Gasteiger partial charge on any atom is -0.353 e. The summed E-state index contributed by atoms with van der Waals surface area (Å²) in [5.74, 6) is -0.164. The van der Waals surface area contributed by atoms with Gasteiger partial charge in [-0.25, -0.2) is 0 Å². The fourth-order valence-electron chi connectivity index (χ4n) is 1.96. The van der Waals surface area contributed by atoms with E-state index in [-0.39, 0.29) is 12.5 Å². The van der Waals surface area contributed by atoms with E-state index in [0.29, 0.717) is 5.11 Å². The van der Waals surface area contributed by atoms with E-state index in [9.17, 15) is 4.79 Å². The first-order valence-corrected chi connectivity index (χ1v) is 8.46. The fraction of sp³-hybridized carbons (Fsp3) is 0.176. The molecule has 2 aromatic carbocycles. The fourth-order valence-corrected chi connectivity index (χ4v) is 2.54. The number of benzene rings is 2. The molecule has 120 valence electrons. The Morgan fingerprint density at radius 2 is 1.91 bits per heavy atom. The molecule has 0 bridgehead atoms. The van der Waals surface area contributed by atoms with Crippen LogP contribution in [-0.2, 0) is 11.2 Å². The Labute approximate surface area is 149 Å². The maximum atomic E-state index is 11.9. The Hall–Kier alpha value is -1.92. The molecule has 2 aromatic rings. The van der Waals surface area contributed by atoms with E-state index in [2.05, 4.69) is 44.9 Å². The van der Waals surface area contributed by atoms with E-state index >= 15 is 0 Å². The summed E-state index contributed by atoms with van der Waals surface area (Å²) in [5, 5.41) is 9.21. The van der Waals surface area contributed by atoms with Crippen molar-refractivity contribution in [3.63, 3.8) is 0 Å². The minimum absolute atomic E-state index is 0.0979. The summed E-state index contributed by atoms with van der Waals surface area (Å²) in [5.41, 5.74) is 2.87. The van der Waals surface area contributed by atoms with Crippen molar-refractivity contribution in [2.45, 2.75) is 13.3 Å². The Kier molecular flexibility index (Phi) is 6.55. The first-order valence-electron chi connectivity index (χ1n) is 7.26. The van der Waals surface area contributed by atoms with Crippen molar-refractivity contribution in [3.05, 3.63) is 58.6 Å². The van der Waals surface area contributed by atoms with Crippen LogP contribution in [0, 0.1) is 0 Å². The number of carbonyl (C=O) groups excluding carboxylic acids is 1. The molecule has 0 radical (unpaired) electrons. The van der Waals surface area contributed by atoms with Gasteiger partial charge >= 0.3 is 0 Å². The van der Waals surface area contributed by atoms with Gasteiger partial charge in [-0.1, -0.05) is 31.2 Å². The molecule has 0 aromatic heterocycles. The first-order chi connectivity index (χ1) is 11.1. The molecule has 4 nitrogen and oxygen atoms in total. The SMILES string of the molecule is CCc1cccc(NC(=S)NCC(=O)Nc2ccccc2Br)c1. The predicted molar refractivity (Wildman–Crippen MR) is 103 cm³/mol. The second-order valence-electron chi connectivity index (χ2n) is 4.89. The highest BCUT2D eigenvalue weighted by Gasteiger charge is 2.06. The summed E-state index contributed by atoms with van der Waals surface area (Å²) in [6.07, 6.45) is 0.962. The molecule has 0 aliphatic heterocycles. The monoisotopic (exact) mass is 391 g/mol. The molecule has 0 atom stereocenters. The number of carbonyl (C=O) groups is 1. The Morgan fingerprint density at radius 1 is 1.13 bits per heavy atom. The van der Waals surface area contributed by atoms with Crippen molar-refractivity contribution in [2.75, 3.05) is 17.2 Å². The second-order valence-corrected chi connectivity index (χ2v) is 6.15. The van der Waals surface area contributed by atoms with Gasteiger partial charge in [0.25, 0.3) is 0 Å². The molecule has 0 aliphatic carbocycles. The van der Waals surface area contributed by atoms with Crippen LogP contribution in [-0.4, -0.2) is 17.6 Å². The van der Waals surface area contributed by atoms with Gasteiger partial charge in [-0.15, -0.1) is 0 Å². The summed E-state index contributed by atoms with van der Waals surface area (Å²) < 4.78 is 0.838. The van der Waals surface area contributed by atoms with E-state index in [1.807, 2.05) is 42.5 Å². The number of hydrogen-bond acceptors (Lipinski definition) is 2. The number of para-hydroxylation sites is 1. The van der Waals surface area contributed by atoms with Crippen molar-refractivity contribution in [2.24, 2.45) is 0 Å². The number of amides is 1. The van der Waals surface area contributed by atoms with Crippen molar-refractivity contribution in [1.82, 2.24) is 5.32 Å². The molecule has 0 saturated carbocycles. The van der Waals surface area contributed by atoms with Gasteiger partial charge in [-0.2, -0.15) is 0 Å². The molecule has 1 amide bonds. The Bertz CT molecular complexity index is 706. The highest BCUT2D eigenvalue weighted by Crippen LogP contribution is 2.20. The average molecular weight is 392 g/mol. The number of aryl methyl sites for hydroxylation is 1. The summed E-state index contributed by atoms with van der Waals surface area (Å²) in [6, 6.07) is 15.5. The predicted octanol–water partition coefficient (Wildman–Crippen LogP) is 3.94. The van der Waals surface area contributed by atoms with E-state index in [0.717, 1.165) is 22.3 Å². The summed E-state index contributed by atoms with van der Waals surface area (Å²) in [4.78, 5) is 11.9. The highest BCUT2D eigenvalue weighted by atomic mass is 79.9. The van der Waals surface area contributed by atoms with Crippen molar-refractivity contribution in [3.8, 4) is 0 Å². The zero-order valence-corrected chi connectivity index (χ0v) is 15.1. The summed E-state index contributed by atoms with van der Waals surface area (Å²) in [6.45, 7) is 2.20. The van der Waals surface area contributed by atoms with Crippen molar-refractivity contribution >= 4 is 50.5 Å².